The number of piperidine rings is 2. The summed E-state index contributed by atoms with van der Waals surface area (Å²) in [6.45, 7) is 4.91. The summed E-state index contributed by atoms with van der Waals surface area (Å²) in [6.07, 6.45) is 3.95. The standard InChI is InChI=1S/C27H34Cl2N4O3/c1-19(34)31(2)21-10-14-32(15-11-21)16-13-27(20-7-8-22(28)23(29)17-20)12-9-26(35)33(18-27)24-5-4-6-25(30-24)36-3/h4-8,17,21H,9-16,18H2,1-3H3. The van der Waals surface area contributed by atoms with Gasteiger partial charge in [-0.3, -0.25) is 14.5 Å². The largest absolute Gasteiger partial charge is 0.481 e. The molecule has 3 heterocycles. The fourth-order valence-corrected chi connectivity index (χ4v) is 5.70. The predicted octanol–water partition coefficient (Wildman–Crippen LogP) is 4.79. The normalized spacial score (nSPS) is 21.5. The first-order valence-corrected chi connectivity index (χ1v) is 13.2. The van der Waals surface area contributed by atoms with E-state index in [4.69, 9.17) is 27.9 Å². The number of pyridine rings is 1. The zero-order chi connectivity index (χ0) is 25.9. The Labute approximate surface area is 223 Å². The summed E-state index contributed by atoms with van der Waals surface area (Å²) in [5.74, 6) is 1.24. The van der Waals surface area contributed by atoms with Gasteiger partial charge in [0.05, 0.1) is 17.2 Å². The van der Waals surface area contributed by atoms with Crippen LogP contribution in [-0.2, 0) is 15.0 Å². The van der Waals surface area contributed by atoms with Gasteiger partial charge in [-0.15, -0.1) is 0 Å². The van der Waals surface area contributed by atoms with Crippen molar-refractivity contribution in [3.63, 3.8) is 0 Å². The number of nitrogens with zero attached hydrogens (tertiary/aromatic N) is 4. The van der Waals surface area contributed by atoms with Gasteiger partial charge in [0.25, 0.3) is 0 Å². The number of methoxy groups -OCH3 is 1. The number of benzene rings is 1. The predicted molar refractivity (Wildman–Crippen MR) is 143 cm³/mol. The number of hydrogen-bond donors (Lipinski definition) is 0. The highest BCUT2D eigenvalue weighted by atomic mass is 35.5. The van der Waals surface area contributed by atoms with E-state index in [1.807, 2.05) is 42.3 Å². The van der Waals surface area contributed by atoms with Crippen LogP contribution >= 0.6 is 23.2 Å². The van der Waals surface area contributed by atoms with Gasteiger partial charge < -0.3 is 14.5 Å². The molecule has 2 aliphatic rings. The Hall–Kier alpha value is -2.35. The van der Waals surface area contributed by atoms with Crippen molar-refractivity contribution >= 4 is 40.8 Å². The van der Waals surface area contributed by atoms with Crippen LogP contribution < -0.4 is 9.64 Å². The van der Waals surface area contributed by atoms with Gasteiger partial charge in [-0.1, -0.05) is 35.3 Å². The second-order valence-electron chi connectivity index (χ2n) is 9.88. The highest BCUT2D eigenvalue weighted by Gasteiger charge is 2.41. The zero-order valence-corrected chi connectivity index (χ0v) is 22.7. The number of ether oxygens (including phenoxy) is 1. The Balaban J connectivity index is 1.56. The summed E-state index contributed by atoms with van der Waals surface area (Å²) in [5, 5.41) is 1.04. The molecule has 4 rings (SSSR count). The average Bonchev–Trinajstić information content (AvgIpc) is 2.89. The molecule has 0 saturated carbocycles. The lowest BCUT2D eigenvalue weighted by molar-refractivity contribution is -0.130. The van der Waals surface area contributed by atoms with E-state index in [0.29, 0.717) is 40.8 Å². The van der Waals surface area contributed by atoms with E-state index < -0.39 is 0 Å². The number of rotatable bonds is 7. The summed E-state index contributed by atoms with van der Waals surface area (Å²) >= 11 is 12.7. The summed E-state index contributed by atoms with van der Waals surface area (Å²) < 4.78 is 5.30. The van der Waals surface area contributed by atoms with Gasteiger partial charge in [0.2, 0.25) is 17.7 Å². The summed E-state index contributed by atoms with van der Waals surface area (Å²) in [7, 11) is 3.46. The first kappa shape index (κ1) is 26.7. The van der Waals surface area contributed by atoms with Crippen LogP contribution in [0.2, 0.25) is 10.0 Å². The number of likely N-dealkylation sites (tertiary alicyclic amines) is 1. The van der Waals surface area contributed by atoms with E-state index >= 15 is 0 Å². The van der Waals surface area contributed by atoms with Crippen molar-refractivity contribution in [3.05, 3.63) is 52.0 Å². The minimum absolute atomic E-state index is 0.0551. The van der Waals surface area contributed by atoms with Gasteiger partial charge in [0, 0.05) is 57.5 Å². The molecule has 2 aromatic rings. The van der Waals surface area contributed by atoms with Gasteiger partial charge >= 0.3 is 0 Å². The Morgan fingerprint density at radius 2 is 1.94 bits per heavy atom. The highest BCUT2D eigenvalue weighted by molar-refractivity contribution is 6.42. The molecule has 1 aromatic heterocycles. The lowest BCUT2D eigenvalue weighted by Crippen LogP contribution is -2.51. The Morgan fingerprint density at radius 1 is 1.19 bits per heavy atom. The molecule has 0 spiro atoms. The quantitative estimate of drug-likeness (QED) is 0.512. The zero-order valence-electron chi connectivity index (χ0n) is 21.2. The maximum atomic E-state index is 13.1. The SMILES string of the molecule is COc1cccc(N2CC(CCN3CCC(N(C)C(C)=O)CC3)(c3ccc(Cl)c(Cl)c3)CCC2=O)n1. The molecule has 9 heteroatoms. The molecule has 1 unspecified atom stereocenters. The molecule has 2 fully saturated rings. The van der Waals surface area contributed by atoms with Crippen LogP contribution in [-0.4, -0.2) is 73.0 Å². The minimum atomic E-state index is -0.292. The van der Waals surface area contributed by atoms with E-state index in [0.717, 1.165) is 50.9 Å². The van der Waals surface area contributed by atoms with E-state index in [1.54, 1.807) is 25.0 Å². The maximum absolute atomic E-state index is 13.1. The fourth-order valence-electron chi connectivity index (χ4n) is 5.40. The first-order chi connectivity index (χ1) is 17.2. The van der Waals surface area contributed by atoms with Crippen molar-refractivity contribution < 1.29 is 14.3 Å². The number of hydrogen-bond acceptors (Lipinski definition) is 5. The maximum Gasteiger partial charge on any atom is 0.228 e. The molecule has 2 amide bonds. The van der Waals surface area contributed by atoms with Crippen LogP contribution in [0.1, 0.15) is 44.6 Å². The number of amides is 2. The Morgan fingerprint density at radius 3 is 2.61 bits per heavy atom. The minimum Gasteiger partial charge on any atom is -0.481 e. The van der Waals surface area contributed by atoms with Crippen molar-refractivity contribution in [3.8, 4) is 5.88 Å². The third-order valence-corrected chi connectivity index (χ3v) is 8.55. The van der Waals surface area contributed by atoms with E-state index in [1.165, 1.54) is 0 Å². The van der Waals surface area contributed by atoms with Crippen molar-refractivity contribution in [1.82, 2.24) is 14.8 Å². The fraction of sp³-hybridized carbons (Fsp3) is 0.519. The van der Waals surface area contributed by atoms with Crippen LogP contribution in [0.4, 0.5) is 5.82 Å². The molecule has 2 saturated heterocycles. The third kappa shape index (κ3) is 5.79. The van der Waals surface area contributed by atoms with Crippen LogP contribution in [0.5, 0.6) is 5.88 Å². The molecule has 1 atom stereocenters. The lowest BCUT2D eigenvalue weighted by Gasteiger charge is -2.44. The van der Waals surface area contributed by atoms with Crippen molar-refractivity contribution in [2.75, 3.05) is 45.2 Å². The molecule has 1 aromatic carbocycles. The van der Waals surface area contributed by atoms with Crippen LogP contribution in [0.25, 0.3) is 0 Å². The first-order valence-electron chi connectivity index (χ1n) is 12.4. The molecule has 0 bridgehead atoms. The second kappa shape index (κ2) is 11.4. The summed E-state index contributed by atoms with van der Waals surface area (Å²) in [4.78, 5) is 35.5. The van der Waals surface area contributed by atoms with Gasteiger partial charge in [-0.05, 0) is 56.0 Å². The van der Waals surface area contributed by atoms with Gasteiger partial charge in [0.1, 0.15) is 5.82 Å². The third-order valence-electron chi connectivity index (χ3n) is 7.81. The number of aromatic nitrogens is 1. The molecule has 0 N–H and O–H groups in total. The second-order valence-corrected chi connectivity index (χ2v) is 10.7. The molecular formula is C27H34Cl2N4O3. The Kier molecular flexibility index (Phi) is 8.43. The molecule has 2 aliphatic heterocycles. The molecule has 0 aliphatic carbocycles. The van der Waals surface area contributed by atoms with Crippen molar-refractivity contribution in [2.45, 2.75) is 50.5 Å². The molecule has 194 valence electrons. The van der Waals surface area contributed by atoms with Crippen molar-refractivity contribution in [1.29, 1.82) is 0 Å². The summed E-state index contributed by atoms with van der Waals surface area (Å²) in [6, 6.07) is 11.6. The van der Waals surface area contributed by atoms with Crippen LogP contribution in [0, 0.1) is 0 Å². The van der Waals surface area contributed by atoms with Gasteiger partial charge in [0.15, 0.2) is 0 Å². The van der Waals surface area contributed by atoms with Crippen LogP contribution in [0.15, 0.2) is 36.4 Å². The van der Waals surface area contributed by atoms with Crippen molar-refractivity contribution in [2.24, 2.45) is 0 Å². The molecular weight excluding hydrogens is 499 g/mol. The average molecular weight is 534 g/mol. The number of carbonyl (C=O) groups is 2. The highest BCUT2D eigenvalue weighted by Crippen LogP contribution is 2.41. The monoisotopic (exact) mass is 532 g/mol. The van der Waals surface area contributed by atoms with E-state index in [2.05, 4.69) is 9.88 Å². The number of carbonyl (C=O) groups excluding carboxylic acids is 2. The number of halogens is 2. The molecule has 0 radical (unpaired) electrons. The van der Waals surface area contributed by atoms with Gasteiger partial charge in [-0.25, -0.2) is 0 Å². The van der Waals surface area contributed by atoms with Gasteiger partial charge in [-0.2, -0.15) is 4.98 Å². The molecule has 36 heavy (non-hydrogen) atoms. The smallest absolute Gasteiger partial charge is 0.228 e. The Bertz CT molecular complexity index is 1110. The van der Waals surface area contributed by atoms with E-state index in [9.17, 15) is 9.59 Å². The summed E-state index contributed by atoms with van der Waals surface area (Å²) in [5.41, 5.74) is 0.795. The topological polar surface area (TPSA) is 66.0 Å². The number of anilines is 1. The lowest BCUT2D eigenvalue weighted by atomic mass is 9.71. The molecule has 7 nitrogen and oxygen atoms in total. The van der Waals surface area contributed by atoms with E-state index in [-0.39, 0.29) is 17.2 Å². The van der Waals surface area contributed by atoms with Crippen LogP contribution in [0.3, 0.4) is 0 Å².